The number of rotatable bonds is 2. The number of benzene rings is 1. The average molecular weight is 638 g/mol. The Labute approximate surface area is 221 Å². The quantitative estimate of drug-likeness (QED) is 0.466. The topological polar surface area (TPSA) is 47.9 Å². The van der Waals surface area contributed by atoms with E-state index in [4.69, 9.17) is 14.2 Å². The first-order valence-electron chi connectivity index (χ1n) is 11.9. The van der Waals surface area contributed by atoms with Crippen molar-refractivity contribution in [1.82, 2.24) is 0 Å². The zero-order valence-electron chi connectivity index (χ0n) is 19.1. The third kappa shape index (κ3) is 3.09. The van der Waals surface area contributed by atoms with E-state index in [2.05, 4.69) is 45.9 Å². The summed E-state index contributed by atoms with van der Waals surface area (Å²) in [5.41, 5.74) is 2.59. The molecule has 1 spiro atoms. The Kier molecular flexibility index (Phi) is 5.86. The summed E-state index contributed by atoms with van der Waals surface area (Å²) in [5.74, 6) is 3.53. The number of hydrogen-bond acceptors (Lipinski definition) is 4. The van der Waals surface area contributed by atoms with E-state index < -0.39 is 0 Å². The molecule has 10 atom stereocenters. The first kappa shape index (κ1) is 22.7. The van der Waals surface area contributed by atoms with Crippen molar-refractivity contribution in [2.24, 2.45) is 29.6 Å². The number of aromatic hydroxyl groups is 1. The van der Waals surface area contributed by atoms with Crippen LogP contribution in [0.2, 0.25) is 0 Å². The molecule has 3 aliphatic carbocycles. The molecule has 1 saturated heterocycles. The third-order valence-corrected chi connectivity index (χ3v) is 9.47. The molecule has 5 heteroatoms. The summed E-state index contributed by atoms with van der Waals surface area (Å²) in [7, 11) is 0. The molecule has 2 bridgehead atoms. The van der Waals surface area contributed by atoms with Crippen LogP contribution in [0.4, 0.5) is 0 Å². The molecular weight excluding hydrogens is 603 g/mol. The van der Waals surface area contributed by atoms with E-state index in [9.17, 15) is 5.11 Å². The predicted octanol–water partition coefficient (Wildman–Crippen LogP) is 4.97. The van der Waals surface area contributed by atoms with Gasteiger partial charge in [-0.15, -0.1) is 0 Å². The van der Waals surface area contributed by atoms with Crippen molar-refractivity contribution in [3.05, 3.63) is 35.4 Å². The Morgan fingerprint density at radius 3 is 2.68 bits per heavy atom. The van der Waals surface area contributed by atoms with Crippen LogP contribution >= 0.6 is 0 Å². The summed E-state index contributed by atoms with van der Waals surface area (Å²) in [6.07, 6.45) is 9.08. The number of phenolic OH excluding ortho intramolecular Hbond substituents is 1. The number of hydrogen-bond donors (Lipinski definition) is 1. The Bertz CT molecular complexity index is 900. The van der Waals surface area contributed by atoms with Gasteiger partial charge in [0.2, 0.25) is 0 Å². The zero-order chi connectivity index (χ0) is 20.8. The minimum absolute atomic E-state index is 0. The maximum absolute atomic E-state index is 10.6. The van der Waals surface area contributed by atoms with Crippen molar-refractivity contribution in [2.45, 2.75) is 83.4 Å². The Morgan fingerprint density at radius 2 is 1.87 bits per heavy atom. The van der Waals surface area contributed by atoms with E-state index in [0.29, 0.717) is 35.3 Å². The molecule has 1 aromatic rings. The van der Waals surface area contributed by atoms with Crippen LogP contribution < -0.4 is 4.74 Å². The van der Waals surface area contributed by atoms with Gasteiger partial charge in [-0.3, -0.25) is 0 Å². The SMILES string of the molecule is C[C@@H]1[C@@H](C)[C@H](O[C@H]2C=CC3[C@@H]4CCC[C@@]35c3c(ccc(O)c3O[C@@H]25)C4)O[C@H](C)[C@H]1C.[Ac]. The molecule has 1 N–H and O–H groups in total. The third-order valence-electron chi connectivity index (χ3n) is 9.47. The van der Waals surface area contributed by atoms with Gasteiger partial charge in [0.05, 0.1) is 6.10 Å². The van der Waals surface area contributed by atoms with Crippen LogP contribution in [-0.4, -0.2) is 29.7 Å². The van der Waals surface area contributed by atoms with Crippen LogP contribution in [0, 0.1) is 73.7 Å². The van der Waals surface area contributed by atoms with Crippen LogP contribution in [-0.2, 0) is 21.3 Å². The zero-order valence-corrected chi connectivity index (χ0v) is 23.8. The molecular formula is C26H34AcO4. The van der Waals surface area contributed by atoms with Crippen LogP contribution in [0.3, 0.4) is 0 Å². The van der Waals surface area contributed by atoms with Crippen LogP contribution in [0.5, 0.6) is 11.5 Å². The van der Waals surface area contributed by atoms with Crippen molar-refractivity contribution in [1.29, 1.82) is 0 Å². The van der Waals surface area contributed by atoms with E-state index >= 15 is 0 Å². The van der Waals surface area contributed by atoms with Gasteiger partial charge < -0.3 is 19.3 Å². The molecule has 1 radical (unpaired) electrons. The van der Waals surface area contributed by atoms with Crippen molar-refractivity contribution in [2.75, 3.05) is 0 Å². The molecule has 1 saturated carbocycles. The van der Waals surface area contributed by atoms with Gasteiger partial charge in [-0.05, 0) is 61.5 Å². The summed E-state index contributed by atoms with van der Waals surface area (Å²) in [5, 5.41) is 10.6. The molecule has 0 aromatic heterocycles. The smallest absolute Gasteiger partial charge is 0.165 e. The summed E-state index contributed by atoms with van der Waals surface area (Å²) in [6.45, 7) is 9.00. The maximum atomic E-state index is 10.6. The fraction of sp³-hybridized carbons (Fsp3) is 0.692. The van der Waals surface area contributed by atoms with Gasteiger partial charge in [0.25, 0.3) is 0 Å². The Morgan fingerprint density at radius 1 is 1.06 bits per heavy atom. The van der Waals surface area contributed by atoms with Crippen molar-refractivity contribution in [3.8, 4) is 11.5 Å². The molecule has 6 rings (SSSR count). The summed E-state index contributed by atoms with van der Waals surface area (Å²) in [4.78, 5) is 0. The van der Waals surface area contributed by atoms with Crippen molar-refractivity contribution < 1.29 is 63.4 Å². The second kappa shape index (κ2) is 8.00. The fourth-order valence-electron chi connectivity index (χ4n) is 7.41. The molecule has 2 fully saturated rings. The second-order valence-corrected chi connectivity index (χ2v) is 10.7. The molecule has 1 unspecified atom stereocenters. The monoisotopic (exact) mass is 637 g/mol. The van der Waals surface area contributed by atoms with Gasteiger partial charge >= 0.3 is 0 Å². The van der Waals surface area contributed by atoms with Gasteiger partial charge in [0.15, 0.2) is 17.8 Å². The normalized spacial score (nSPS) is 46.6. The van der Waals surface area contributed by atoms with Crippen LogP contribution in [0.25, 0.3) is 0 Å². The fourth-order valence-corrected chi connectivity index (χ4v) is 7.41. The van der Waals surface area contributed by atoms with Gasteiger partial charge in [-0.2, -0.15) is 0 Å². The molecule has 165 valence electrons. The summed E-state index contributed by atoms with van der Waals surface area (Å²) in [6, 6.07) is 3.94. The van der Waals surface area contributed by atoms with Crippen LogP contribution in [0.15, 0.2) is 24.3 Å². The largest absolute Gasteiger partial charge is 0.504 e. The summed E-state index contributed by atoms with van der Waals surface area (Å²) < 4.78 is 19.6. The molecule has 0 amide bonds. The van der Waals surface area contributed by atoms with Gasteiger partial charge in [0, 0.05) is 61.0 Å². The van der Waals surface area contributed by atoms with Gasteiger partial charge in [-0.25, -0.2) is 0 Å². The second-order valence-electron chi connectivity index (χ2n) is 10.7. The molecule has 31 heavy (non-hydrogen) atoms. The van der Waals surface area contributed by atoms with E-state index in [-0.39, 0.29) is 79.8 Å². The molecule has 4 nitrogen and oxygen atoms in total. The molecule has 2 heterocycles. The van der Waals surface area contributed by atoms with E-state index in [1.165, 1.54) is 24.0 Å². The van der Waals surface area contributed by atoms with Crippen molar-refractivity contribution in [3.63, 3.8) is 0 Å². The first-order chi connectivity index (χ1) is 14.4. The summed E-state index contributed by atoms with van der Waals surface area (Å²) >= 11 is 0. The minimum atomic E-state index is -0.225. The maximum Gasteiger partial charge on any atom is 0.165 e. The molecule has 1 aromatic carbocycles. The van der Waals surface area contributed by atoms with Gasteiger partial charge in [-0.1, -0.05) is 45.4 Å². The van der Waals surface area contributed by atoms with E-state index in [1.54, 1.807) is 0 Å². The van der Waals surface area contributed by atoms with Crippen LogP contribution in [0.1, 0.15) is 58.1 Å². The standard InChI is InChI=1S/C26H34O4.Ac/c1-13-14(2)16(4)28-25(15(13)3)29-21-10-8-19-17-6-5-11-26(19)22-18(12-17)7-9-20(27)23(22)30-24(21)26;/h7-10,13-17,19,21,24-25,27H,5-6,11-12H2,1-4H3;/t13-,14-,15+,16+,17+,19?,21-,24-,25-,26-;/m0./s1. The predicted molar refractivity (Wildman–Crippen MR) is 115 cm³/mol. The van der Waals surface area contributed by atoms with Gasteiger partial charge in [0.1, 0.15) is 12.2 Å². The first-order valence-corrected chi connectivity index (χ1v) is 11.9. The number of allylic oxidation sites excluding steroid dienone is 1. The van der Waals surface area contributed by atoms with Crippen molar-refractivity contribution >= 4 is 0 Å². The Balaban J connectivity index is 0.00000204. The number of ether oxygens (including phenoxy) is 3. The van der Waals surface area contributed by atoms with E-state index in [1.807, 2.05) is 6.07 Å². The Hall–Kier alpha value is -0.0784. The van der Waals surface area contributed by atoms with E-state index in [0.717, 1.165) is 12.8 Å². The average Bonchev–Trinajstić information content (AvgIpc) is 3.08. The number of phenols is 1. The molecule has 2 aliphatic heterocycles. The minimum Gasteiger partial charge on any atom is -0.504 e. The molecule has 5 aliphatic rings.